The molecule has 2 atom stereocenters. The maximum absolute atomic E-state index is 12.6. The fraction of sp³-hybridized carbons (Fsp3) is 0.562. The van der Waals surface area contributed by atoms with Crippen LogP contribution in [0.15, 0.2) is 18.2 Å². The van der Waals surface area contributed by atoms with Crippen molar-refractivity contribution in [2.24, 2.45) is 5.92 Å². The van der Waals surface area contributed by atoms with E-state index in [-0.39, 0.29) is 11.4 Å². The number of carbonyl (C=O) groups is 1. The lowest BCUT2D eigenvalue weighted by atomic mass is 9.77. The van der Waals surface area contributed by atoms with Gasteiger partial charge in [0.25, 0.3) is 5.91 Å². The Morgan fingerprint density at radius 1 is 1.55 bits per heavy atom. The molecule has 2 rings (SSSR count). The normalized spacial score (nSPS) is 26.3. The number of benzene rings is 1. The van der Waals surface area contributed by atoms with Crippen LogP contribution in [-0.4, -0.2) is 16.8 Å². The third kappa shape index (κ3) is 3.37. The summed E-state index contributed by atoms with van der Waals surface area (Å²) < 4.78 is 0. The molecule has 2 unspecified atom stereocenters. The van der Waals surface area contributed by atoms with Crippen molar-refractivity contribution in [3.63, 3.8) is 0 Å². The van der Waals surface area contributed by atoms with Crippen LogP contribution in [0.25, 0.3) is 0 Å². The molecule has 1 saturated carbocycles. The van der Waals surface area contributed by atoms with E-state index in [0.717, 1.165) is 23.7 Å². The molecule has 1 aromatic rings. The largest absolute Gasteiger partial charge is 0.346 e. The van der Waals surface area contributed by atoms with Gasteiger partial charge in [-0.1, -0.05) is 53.4 Å². The van der Waals surface area contributed by atoms with Crippen LogP contribution in [0.2, 0.25) is 5.02 Å². The summed E-state index contributed by atoms with van der Waals surface area (Å²) in [5.41, 5.74) is 1.40. The van der Waals surface area contributed by atoms with Gasteiger partial charge in [-0.25, -0.2) is 0 Å². The lowest BCUT2D eigenvalue weighted by Crippen LogP contribution is -2.52. The zero-order valence-electron chi connectivity index (χ0n) is 12.0. The third-order valence-electron chi connectivity index (χ3n) is 4.24. The molecule has 1 aliphatic rings. The lowest BCUT2D eigenvalue weighted by molar-refractivity contribution is 0.0869. The Bertz CT molecular complexity index is 505. The van der Waals surface area contributed by atoms with Gasteiger partial charge in [-0.2, -0.15) is 0 Å². The van der Waals surface area contributed by atoms with Crippen LogP contribution in [0.5, 0.6) is 0 Å². The number of rotatable bonds is 3. The van der Waals surface area contributed by atoms with Gasteiger partial charge in [-0.15, -0.1) is 0 Å². The molecule has 1 aromatic carbocycles. The fourth-order valence-corrected chi connectivity index (χ4v) is 3.91. The Hall–Kier alpha value is -0.540. The van der Waals surface area contributed by atoms with Gasteiger partial charge in [0.15, 0.2) is 0 Å². The predicted molar refractivity (Wildman–Crippen MR) is 87.8 cm³/mol. The molecule has 1 N–H and O–H groups in total. The minimum atomic E-state index is -0.122. The first-order chi connectivity index (χ1) is 9.47. The minimum Gasteiger partial charge on any atom is -0.346 e. The van der Waals surface area contributed by atoms with Gasteiger partial charge in [-0.3, -0.25) is 4.79 Å². The van der Waals surface area contributed by atoms with E-state index in [1.165, 1.54) is 12.8 Å². The van der Waals surface area contributed by atoms with E-state index < -0.39 is 0 Å². The molecular formula is C16H21BrClNO. The standard InChI is InChI=1S/C16H21BrClNO/c1-11-5-4-8-16(9-11,10-17)19-15(20)13-6-3-7-14(18)12(13)2/h3,6-7,11H,4-5,8-10H2,1-2H3,(H,19,20). The predicted octanol–water partition coefficient (Wildman–Crippen LogP) is 4.72. The van der Waals surface area contributed by atoms with Gasteiger partial charge in [0.1, 0.15) is 0 Å². The number of hydrogen-bond acceptors (Lipinski definition) is 1. The Kier molecular flexibility index (Phi) is 5.14. The lowest BCUT2D eigenvalue weighted by Gasteiger charge is -2.39. The first kappa shape index (κ1) is 15.8. The number of carbonyl (C=O) groups excluding carboxylic acids is 1. The quantitative estimate of drug-likeness (QED) is 0.778. The summed E-state index contributed by atoms with van der Waals surface area (Å²) in [4.78, 5) is 12.6. The van der Waals surface area contributed by atoms with Gasteiger partial charge < -0.3 is 5.32 Å². The van der Waals surface area contributed by atoms with E-state index in [0.29, 0.717) is 16.5 Å². The van der Waals surface area contributed by atoms with E-state index in [1.807, 2.05) is 25.1 Å². The molecule has 0 spiro atoms. The molecule has 20 heavy (non-hydrogen) atoms. The number of halogens is 2. The molecule has 1 amide bonds. The van der Waals surface area contributed by atoms with E-state index in [9.17, 15) is 4.79 Å². The third-order valence-corrected chi connectivity index (χ3v) is 5.72. The molecule has 4 heteroatoms. The second-order valence-corrected chi connectivity index (χ2v) is 6.95. The molecule has 0 saturated heterocycles. The summed E-state index contributed by atoms with van der Waals surface area (Å²) >= 11 is 9.69. The van der Waals surface area contributed by atoms with Crippen molar-refractivity contribution in [1.82, 2.24) is 5.32 Å². The molecule has 0 aromatic heterocycles. The summed E-state index contributed by atoms with van der Waals surface area (Å²) in [6.07, 6.45) is 4.49. The molecule has 0 aliphatic heterocycles. The monoisotopic (exact) mass is 357 g/mol. The van der Waals surface area contributed by atoms with Crippen LogP contribution >= 0.6 is 27.5 Å². The van der Waals surface area contributed by atoms with Crippen LogP contribution < -0.4 is 5.32 Å². The maximum Gasteiger partial charge on any atom is 0.252 e. The van der Waals surface area contributed by atoms with Crippen LogP contribution in [0.4, 0.5) is 0 Å². The Labute approximate surface area is 134 Å². The van der Waals surface area contributed by atoms with Gasteiger partial charge in [0, 0.05) is 15.9 Å². The SMILES string of the molecule is Cc1c(Cl)cccc1C(=O)NC1(CBr)CCCC(C)C1. The van der Waals surface area contributed by atoms with Gasteiger partial charge >= 0.3 is 0 Å². The molecule has 110 valence electrons. The zero-order valence-corrected chi connectivity index (χ0v) is 14.4. The first-order valence-corrected chi connectivity index (χ1v) is 8.61. The highest BCUT2D eigenvalue weighted by Gasteiger charge is 2.35. The number of hydrogen-bond donors (Lipinski definition) is 1. The van der Waals surface area contributed by atoms with Gasteiger partial charge in [0.2, 0.25) is 0 Å². The smallest absolute Gasteiger partial charge is 0.252 e. The molecule has 1 fully saturated rings. The Morgan fingerprint density at radius 3 is 2.95 bits per heavy atom. The summed E-state index contributed by atoms with van der Waals surface area (Å²) in [5.74, 6) is 0.639. The summed E-state index contributed by atoms with van der Waals surface area (Å²) in [7, 11) is 0. The van der Waals surface area contributed by atoms with E-state index in [1.54, 1.807) is 0 Å². The Morgan fingerprint density at radius 2 is 2.30 bits per heavy atom. The zero-order chi connectivity index (χ0) is 14.8. The van der Waals surface area contributed by atoms with Crippen LogP contribution in [0, 0.1) is 12.8 Å². The van der Waals surface area contributed by atoms with Crippen molar-refractivity contribution >= 4 is 33.4 Å². The van der Waals surface area contributed by atoms with Crippen molar-refractivity contribution < 1.29 is 4.79 Å². The molecule has 0 bridgehead atoms. The fourth-order valence-electron chi connectivity index (χ4n) is 3.09. The van der Waals surface area contributed by atoms with Crippen molar-refractivity contribution in [2.45, 2.75) is 45.1 Å². The number of alkyl halides is 1. The van der Waals surface area contributed by atoms with Crippen molar-refractivity contribution in [3.8, 4) is 0 Å². The van der Waals surface area contributed by atoms with Crippen molar-refractivity contribution in [1.29, 1.82) is 0 Å². The van der Waals surface area contributed by atoms with Gasteiger partial charge in [0.05, 0.1) is 5.54 Å². The second kappa shape index (κ2) is 6.48. The molecule has 2 nitrogen and oxygen atoms in total. The maximum atomic E-state index is 12.6. The highest BCUT2D eigenvalue weighted by atomic mass is 79.9. The number of nitrogens with one attached hydrogen (secondary N) is 1. The van der Waals surface area contributed by atoms with E-state index in [4.69, 9.17) is 11.6 Å². The minimum absolute atomic E-state index is 0.0152. The van der Waals surface area contributed by atoms with Crippen LogP contribution in [-0.2, 0) is 0 Å². The van der Waals surface area contributed by atoms with Crippen molar-refractivity contribution in [2.75, 3.05) is 5.33 Å². The first-order valence-electron chi connectivity index (χ1n) is 7.11. The van der Waals surface area contributed by atoms with Crippen molar-refractivity contribution in [3.05, 3.63) is 34.3 Å². The van der Waals surface area contributed by atoms with E-state index >= 15 is 0 Å². The average molecular weight is 359 g/mol. The highest BCUT2D eigenvalue weighted by molar-refractivity contribution is 9.09. The summed E-state index contributed by atoms with van der Waals surface area (Å²) in [5, 5.41) is 4.69. The molecule has 0 heterocycles. The summed E-state index contributed by atoms with van der Waals surface area (Å²) in [6, 6.07) is 5.48. The Balaban J connectivity index is 2.19. The van der Waals surface area contributed by atoms with E-state index in [2.05, 4.69) is 28.2 Å². The van der Waals surface area contributed by atoms with Crippen LogP contribution in [0.3, 0.4) is 0 Å². The topological polar surface area (TPSA) is 29.1 Å². The highest BCUT2D eigenvalue weighted by Crippen LogP contribution is 2.34. The second-order valence-electron chi connectivity index (χ2n) is 5.98. The van der Waals surface area contributed by atoms with Crippen LogP contribution in [0.1, 0.15) is 48.5 Å². The molecule has 0 radical (unpaired) electrons. The summed E-state index contributed by atoms with van der Waals surface area (Å²) in [6.45, 7) is 4.15. The molecular weight excluding hydrogens is 338 g/mol. The molecule has 1 aliphatic carbocycles. The number of amides is 1. The average Bonchev–Trinajstić information content (AvgIpc) is 2.41. The van der Waals surface area contributed by atoms with Gasteiger partial charge in [-0.05, 0) is 43.4 Å².